The Morgan fingerprint density at radius 2 is 1.81 bits per heavy atom. The fourth-order valence-electron chi connectivity index (χ4n) is 1.83. The highest BCUT2D eigenvalue weighted by molar-refractivity contribution is 14.1. The van der Waals surface area contributed by atoms with Crippen molar-refractivity contribution in [2.75, 3.05) is 6.54 Å². The van der Waals surface area contributed by atoms with Crippen LogP contribution in [-0.2, 0) is 12.8 Å². The van der Waals surface area contributed by atoms with Crippen LogP contribution in [0.4, 0.5) is 0 Å². The Bertz CT molecular complexity index is 297. The normalized spacial score (nSPS) is 12.7. The maximum atomic E-state index is 5.53. The summed E-state index contributed by atoms with van der Waals surface area (Å²) in [6, 6.07) is 8.96. The minimum Gasteiger partial charge on any atom is -0.330 e. The third-order valence-electron chi connectivity index (χ3n) is 2.73. The lowest BCUT2D eigenvalue weighted by atomic mass is 10.0. The fraction of sp³-hybridized carbons (Fsp3) is 0.571. The summed E-state index contributed by atoms with van der Waals surface area (Å²) in [4.78, 5) is 0. The van der Waals surface area contributed by atoms with E-state index in [2.05, 4.69) is 53.8 Å². The summed E-state index contributed by atoms with van der Waals surface area (Å²) in [5.41, 5.74) is 8.44. The molecule has 0 bridgehead atoms. The molecule has 0 heterocycles. The smallest absolute Gasteiger partial charge is 0.00814 e. The minimum absolute atomic E-state index is 0.788. The third-order valence-corrected chi connectivity index (χ3v) is 3.35. The summed E-state index contributed by atoms with van der Waals surface area (Å²) >= 11 is 2.50. The maximum absolute atomic E-state index is 5.53. The standard InChI is InChI=1S/C14H22IN/c1-12(15)5-2-6-13-7-3-8-14(11-13)9-4-10-16/h3,7-8,11-12H,2,4-6,9-10,16H2,1H3. The van der Waals surface area contributed by atoms with Crippen LogP contribution in [0.3, 0.4) is 0 Å². The number of aryl methyl sites for hydroxylation is 2. The van der Waals surface area contributed by atoms with Crippen LogP contribution in [0.5, 0.6) is 0 Å². The van der Waals surface area contributed by atoms with E-state index in [4.69, 9.17) is 5.73 Å². The van der Waals surface area contributed by atoms with E-state index in [9.17, 15) is 0 Å². The van der Waals surface area contributed by atoms with Gasteiger partial charge in [0.15, 0.2) is 0 Å². The Morgan fingerprint density at radius 3 is 2.38 bits per heavy atom. The molecule has 0 aliphatic carbocycles. The summed E-state index contributed by atoms with van der Waals surface area (Å²) in [6.07, 6.45) is 6.03. The molecule has 2 heteroatoms. The molecule has 1 aromatic carbocycles. The van der Waals surface area contributed by atoms with Crippen molar-refractivity contribution in [2.45, 2.75) is 43.0 Å². The molecule has 0 amide bonds. The van der Waals surface area contributed by atoms with Crippen molar-refractivity contribution in [2.24, 2.45) is 5.73 Å². The fourth-order valence-corrected chi connectivity index (χ4v) is 2.27. The van der Waals surface area contributed by atoms with E-state index in [1.807, 2.05) is 0 Å². The lowest BCUT2D eigenvalue weighted by molar-refractivity contribution is 0.742. The van der Waals surface area contributed by atoms with Crippen LogP contribution in [0.25, 0.3) is 0 Å². The average Bonchev–Trinajstić information content (AvgIpc) is 2.26. The van der Waals surface area contributed by atoms with Gasteiger partial charge in [-0.15, -0.1) is 0 Å². The van der Waals surface area contributed by atoms with E-state index < -0.39 is 0 Å². The van der Waals surface area contributed by atoms with Gasteiger partial charge < -0.3 is 5.73 Å². The summed E-state index contributed by atoms with van der Waals surface area (Å²) in [7, 11) is 0. The summed E-state index contributed by atoms with van der Waals surface area (Å²) in [5, 5.41) is 0. The van der Waals surface area contributed by atoms with E-state index in [1.165, 1.54) is 30.4 Å². The quantitative estimate of drug-likeness (QED) is 0.598. The Morgan fingerprint density at radius 1 is 1.19 bits per heavy atom. The van der Waals surface area contributed by atoms with E-state index in [0.29, 0.717) is 0 Å². The van der Waals surface area contributed by atoms with Crippen LogP contribution in [0.2, 0.25) is 0 Å². The van der Waals surface area contributed by atoms with Crippen LogP contribution in [0.1, 0.15) is 37.3 Å². The highest BCUT2D eigenvalue weighted by atomic mass is 127. The molecule has 0 aliphatic heterocycles. The SMILES string of the molecule is CC(I)CCCc1cccc(CCCN)c1. The first-order valence-corrected chi connectivity index (χ1v) is 7.39. The molecule has 1 unspecified atom stereocenters. The van der Waals surface area contributed by atoms with Gasteiger partial charge in [-0.2, -0.15) is 0 Å². The summed E-state index contributed by atoms with van der Waals surface area (Å²) in [5.74, 6) is 0. The molecule has 0 aliphatic rings. The first kappa shape index (κ1) is 14.0. The third kappa shape index (κ3) is 5.85. The zero-order valence-corrected chi connectivity index (χ0v) is 12.2. The molecule has 1 aromatic rings. The number of hydrogen-bond donors (Lipinski definition) is 1. The van der Waals surface area contributed by atoms with Gasteiger partial charge in [0.2, 0.25) is 0 Å². The molecule has 1 atom stereocenters. The van der Waals surface area contributed by atoms with Gasteiger partial charge in [0.25, 0.3) is 0 Å². The molecule has 0 spiro atoms. The Labute approximate surface area is 113 Å². The van der Waals surface area contributed by atoms with Crippen LogP contribution < -0.4 is 5.73 Å². The van der Waals surface area contributed by atoms with Gasteiger partial charge in [0.05, 0.1) is 0 Å². The molecule has 90 valence electrons. The number of rotatable bonds is 7. The molecule has 1 rings (SSSR count). The number of nitrogens with two attached hydrogens (primary N) is 1. The van der Waals surface area contributed by atoms with Crippen molar-refractivity contribution in [3.05, 3.63) is 35.4 Å². The molecule has 0 radical (unpaired) electrons. The van der Waals surface area contributed by atoms with Crippen LogP contribution in [0.15, 0.2) is 24.3 Å². The van der Waals surface area contributed by atoms with Crippen molar-refractivity contribution in [3.63, 3.8) is 0 Å². The molecule has 2 N–H and O–H groups in total. The topological polar surface area (TPSA) is 26.0 Å². The van der Waals surface area contributed by atoms with Crippen molar-refractivity contribution in [1.82, 2.24) is 0 Å². The van der Waals surface area contributed by atoms with Gasteiger partial charge in [0.1, 0.15) is 0 Å². The second kappa shape index (κ2) is 8.07. The van der Waals surface area contributed by atoms with E-state index in [0.717, 1.165) is 23.3 Å². The van der Waals surface area contributed by atoms with E-state index in [1.54, 1.807) is 0 Å². The number of benzene rings is 1. The number of alkyl halides is 1. The summed E-state index contributed by atoms with van der Waals surface area (Å²) in [6.45, 7) is 3.06. The predicted octanol–water partition coefficient (Wildman–Crippen LogP) is 3.72. The molecule has 0 fully saturated rings. The Kier molecular flexibility index (Phi) is 7.05. The summed E-state index contributed by atoms with van der Waals surface area (Å²) < 4.78 is 0.790. The van der Waals surface area contributed by atoms with Gasteiger partial charge in [-0.1, -0.05) is 53.8 Å². The predicted molar refractivity (Wildman–Crippen MR) is 80.2 cm³/mol. The molecule has 0 saturated carbocycles. The second-order valence-corrected chi connectivity index (χ2v) is 6.51. The lowest BCUT2D eigenvalue weighted by Crippen LogP contribution is -2.00. The van der Waals surface area contributed by atoms with Gasteiger partial charge in [-0.3, -0.25) is 0 Å². The van der Waals surface area contributed by atoms with E-state index >= 15 is 0 Å². The zero-order chi connectivity index (χ0) is 11.8. The zero-order valence-electron chi connectivity index (χ0n) is 10.1. The van der Waals surface area contributed by atoms with Crippen LogP contribution in [-0.4, -0.2) is 10.5 Å². The van der Waals surface area contributed by atoms with E-state index in [-0.39, 0.29) is 0 Å². The molecule has 0 aromatic heterocycles. The van der Waals surface area contributed by atoms with Crippen molar-refractivity contribution >= 4 is 22.6 Å². The first-order valence-electron chi connectivity index (χ1n) is 6.14. The molecular formula is C14H22IN. The minimum atomic E-state index is 0.788. The Hall–Kier alpha value is -0.0900. The average molecular weight is 331 g/mol. The number of halogens is 1. The van der Waals surface area contributed by atoms with Gasteiger partial charge in [0, 0.05) is 3.92 Å². The van der Waals surface area contributed by atoms with Crippen molar-refractivity contribution in [3.8, 4) is 0 Å². The largest absolute Gasteiger partial charge is 0.330 e. The highest BCUT2D eigenvalue weighted by Crippen LogP contribution is 2.13. The van der Waals surface area contributed by atoms with Crippen LogP contribution in [0, 0.1) is 0 Å². The van der Waals surface area contributed by atoms with Crippen molar-refractivity contribution < 1.29 is 0 Å². The van der Waals surface area contributed by atoms with Gasteiger partial charge >= 0.3 is 0 Å². The maximum Gasteiger partial charge on any atom is 0.00814 e. The van der Waals surface area contributed by atoms with Gasteiger partial charge in [-0.25, -0.2) is 0 Å². The monoisotopic (exact) mass is 331 g/mol. The van der Waals surface area contributed by atoms with Crippen LogP contribution >= 0.6 is 22.6 Å². The highest BCUT2D eigenvalue weighted by Gasteiger charge is 1.99. The molecular weight excluding hydrogens is 309 g/mol. The Balaban J connectivity index is 2.40. The molecule has 16 heavy (non-hydrogen) atoms. The molecule has 0 saturated heterocycles. The lowest BCUT2D eigenvalue weighted by Gasteiger charge is -2.06. The van der Waals surface area contributed by atoms with Crippen molar-refractivity contribution in [1.29, 1.82) is 0 Å². The van der Waals surface area contributed by atoms with Gasteiger partial charge in [-0.05, 0) is 49.8 Å². The second-order valence-electron chi connectivity index (χ2n) is 4.39. The number of hydrogen-bond acceptors (Lipinski definition) is 1. The first-order chi connectivity index (χ1) is 7.72. The molecule has 1 nitrogen and oxygen atoms in total.